The lowest BCUT2D eigenvalue weighted by Gasteiger charge is -2.13. The minimum absolute atomic E-state index is 0.209. The average molecular weight is 391 g/mol. The van der Waals surface area contributed by atoms with Crippen molar-refractivity contribution in [1.29, 1.82) is 0 Å². The Hall–Kier alpha value is -2.02. The molecule has 1 aliphatic rings. The van der Waals surface area contributed by atoms with Crippen molar-refractivity contribution in [3.63, 3.8) is 0 Å². The van der Waals surface area contributed by atoms with Crippen LogP contribution >= 0.6 is 22.9 Å². The summed E-state index contributed by atoms with van der Waals surface area (Å²) >= 11 is 7.74. The minimum atomic E-state index is -2.94. The molecule has 8 heteroatoms. The summed E-state index contributed by atoms with van der Waals surface area (Å²) in [7, 11) is -2.94. The molecule has 0 radical (unpaired) electrons. The quantitative estimate of drug-likeness (QED) is 0.550. The van der Waals surface area contributed by atoms with Gasteiger partial charge < -0.3 is 5.73 Å². The first kappa shape index (κ1) is 16.4. The maximum absolute atomic E-state index is 13.8. The van der Waals surface area contributed by atoms with Crippen molar-refractivity contribution >= 4 is 55.6 Å². The minimum Gasteiger partial charge on any atom is -0.330 e. The van der Waals surface area contributed by atoms with Crippen LogP contribution in [0.4, 0.5) is 0 Å². The number of allylic oxidation sites excluding steroid dienone is 2. The molecule has 0 bridgehead atoms. The number of nitrogens with two attached hydrogens (primary N) is 1. The second-order valence-electron chi connectivity index (χ2n) is 5.56. The number of halogens is 1. The van der Waals surface area contributed by atoms with E-state index >= 15 is 0 Å². The van der Waals surface area contributed by atoms with Gasteiger partial charge in [0.15, 0.2) is 15.1 Å². The summed E-state index contributed by atoms with van der Waals surface area (Å²) in [6.45, 7) is 0.498. The zero-order chi connectivity index (χ0) is 17.6. The summed E-state index contributed by atoms with van der Waals surface area (Å²) in [6.07, 6.45) is 11.8. The molecule has 0 saturated heterocycles. The van der Waals surface area contributed by atoms with Crippen molar-refractivity contribution in [2.75, 3.05) is 6.54 Å². The van der Waals surface area contributed by atoms with Crippen LogP contribution in [0.15, 0.2) is 40.7 Å². The van der Waals surface area contributed by atoms with Crippen LogP contribution in [-0.2, 0) is 16.1 Å². The molecule has 3 heterocycles. The molecule has 2 N–H and O–H groups in total. The van der Waals surface area contributed by atoms with Crippen molar-refractivity contribution in [3.05, 3.63) is 57.6 Å². The largest absolute Gasteiger partial charge is 0.330 e. The van der Waals surface area contributed by atoms with Crippen LogP contribution in [0.2, 0.25) is 5.15 Å². The third-order valence-electron chi connectivity index (χ3n) is 4.02. The number of aromatic nitrogens is 3. The van der Waals surface area contributed by atoms with Gasteiger partial charge in [0, 0.05) is 23.3 Å². The Morgan fingerprint density at radius 2 is 2.32 bits per heavy atom. The van der Waals surface area contributed by atoms with E-state index in [1.165, 1.54) is 11.3 Å². The van der Waals surface area contributed by atoms with E-state index in [4.69, 9.17) is 17.3 Å². The van der Waals surface area contributed by atoms with Gasteiger partial charge in [-0.15, -0.1) is 17.1 Å². The Morgan fingerprint density at radius 1 is 1.48 bits per heavy atom. The Morgan fingerprint density at radius 3 is 3.12 bits per heavy atom. The molecule has 0 aliphatic heterocycles. The summed E-state index contributed by atoms with van der Waals surface area (Å²) in [4.78, 5) is 4.98. The molecule has 3 aromatic rings. The highest BCUT2D eigenvalue weighted by Crippen LogP contribution is 2.31. The lowest BCUT2D eigenvalue weighted by atomic mass is 10.1. The van der Waals surface area contributed by atoms with E-state index < -0.39 is 9.71 Å². The summed E-state index contributed by atoms with van der Waals surface area (Å²) in [5.74, 6) is 4.03. The van der Waals surface area contributed by atoms with Crippen molar-refractivity contribution in [1.82, 2.24) is 13.4 Å². The van der Waals surface area contributed by atoms with Gasteiger partial charge in [0.05, 0.1) is 15.4 Å². The number of hydrogen-bond donors (Lipinski definition) is 1. The fourth-order valence-electron chi connectivity index (χ4n) is 2.94. The molecule has 5 nitrogen and oxygen atoms in total. The van der Waals surface area contributed by atoms with Crippen LogP contribution < -0.4 is 5.73 Å². The Labute approximate surface area is 154 Å². The first-order chi connectivity index (χ1) is 12.0. The molecular weight excluding hydrogens is 376 g/mol. The van der Waals surface area contributed by atoms with Gasteiger partial charge in [-0.2, -0.15) is 0 Å². The van der Waals surface area contributed by atoms with Crippen molar-refractivity contribution in [2.45, 2.75) is 11.4 Å². The van der Waals surface area contributed by atoms with Crippen LogP contribution in [0, 0.1) is 0 Å². The molecule has 1 aliphatic carbocycles. The van der Waals surface area contributed by atoms with E-state index in [2.05, 4.69) is 16.6 Å². The summed E-state index contributed by atoms with van der Waals surface area (Å²) in [5, 5.41) is 2.48. The molecular formula is C17H15ClN4OS2. The highest BCUT2D eigenvalue weighted by molar-refractivity contribution is 7.99. The monoisotopic (exact) mass is 390 g/mol. The van der Waals surface area contributed by atoms with Gasteiger partial charge in [0.2, 0.25) is 0 Å². The predicted octanol–water partition coefficient (Wildman–Crippen LogP) is 3.09. The van der Waals surface area contributed by atoms with Gasteiger partial charge in [-0.1, -0.05) is 17.7 Å². The van der Waals surface area contributed by atoms with Crippen LogP contribution in [0.25, 0.3) is 17.1 Å². The molecule has 1 unspecified atom stereocenters. The van der Waals surface area contributed by atoms with Crippen LogP contribution in [0.5, 0.6) is 0 Å². The molecule has 0 fully saturated rings. The third kappa shape index (κ3) is 2.52. The first-order valence-electron chi connectivity index (χ1n) is 7.56. The number of imidazole rings is 1. The molecule has 3 aromatic heterocycles. The molecule has 128 valence electrons. The standard InChI is InChI=1S/C17H15ClN4OS2/c1-25(23,16-15(18)20-17-21(16)9-10-24-17)22-11-12(7-8-19)13-5-3-2-4-6-14(13)22/h2,4-6,9-11H,1,7-8,19H2. The predicted molar refractivity (Wildman–Crippen MR) is 106 cm³/mol. The number of fused-ring (bicyclic) bond motifs is 2. The van der Waals surface area contributed by atoms with Crippen LogP contribution in [0.1, 0.15) is 16.8 Å². The second-order valence-corrected chi connectivity index (χ2v) is 8.85. The van der Waals surface area contributed by atoms with Crippen molar-refractivity contribution in [2.24, 2.45) is 5.73 Å². The maximum Gasteiger partial charge on any atom is 0.196 e. The van der Waals surface area contributed by atoms with E-state index in [-0.39, 0.29) is 5.15 Å². The molecule has 4 rings (SSSR count). The van der Waals surface area contributed by atoms with Gasteiger partial charge in [-0.3, -0.25) is 8.37 Å². The zero-order valence-electron chi connectivity index (χ0n) is 13.2. The summed E-state index contributed by atoms with van der Waals surface area (Å²) in [6, 6.07) is 0. The highest BCUT2D eigenvalue weighted by atomic mass is 35.5. The van der Waals surface area contributed by atoms with E-state index in [1.807, 2.05) is 35.9 Å². The maximum atomic E-state index is 13.8. The smallest absolute Gasteiger partial charge is 0.196 e. The number of rotatable bonds is 4. The lowest BCUT2D eigenvalue weighted by molar-refractivity contribution is 0.671. The Bertz CT molecular complexity index is 1170. The van der Waals surface area contributed by atoms with Crippen LogP contribution in [-0.4, -0.2) is 30.0 Å². The lowest BCUT2D eigenvalue weighted by Crippen LogP contribution is -2.15. The van der Waals surface area contributed by atoms with Crippen LogP contribution in [0.3, 0.4) is 0 Å². The van der Waals surface area contributed by atoms with Gasteiger partial charge >= 0.3 is 0 Å². The number of nitrogens with zero attached hydrogens (tertiary/aromatic N) is 3. The molecule has 0 amide bonds. The average Bonchev–Trinajstić information content (AvgIpc) is 3.16. The molecule has 0 saturated carbocycles. The molecule has 0 spiro atoms. The van der Waals surface area contributed by atoms with E-state index in [9.17, 15) is 4.21 Å². The second kappa shape index (κ2) is 6.05. The topological polar surface area (TPSA) is 65.3 Å². The molecule has 25 heavy (non-hydrogen) atoms. The first-order valence-corrected chi connectivity index (χ1v) is 10.5. The SMILES string of the molecule is C=S(=O)(c1c(Cl)nc2sccn12)n1cc(CCN)c2c1C=CC=C=C2. The third-order valence-corrected chi connectivity index (χ3v) is 7.08. The molecule has 1 atom stereocenters. The van der Waals surface area contributed by atoms with Gasteiger partial charge in [0.25, 0.3) is 0 Å². The highest BCUT2D eigenvalue weighted by Gasteiger charge is 2.25. The van der Waals surface area contributed by atoms with Gasteiger partial charge in [0.1, 0.15) is 0 Å². The van der Waals surface area contributed by atoms with Crippen molar-refractivity contribution < 1.29 is 4.21 Å². The van der Waals surface area contributed by atoms with E-state index in [1.54, 1.807) is 14.6 Å². The number of thiazole rings is 1. The molecule has 0 aromatic carbocycles. The van der Waals surface area contributed by atoms with Crippen molar-refractivity contribution in [3.8, 4) is 0 Å². The Kier molecular flexibility index (Phi) is 3.98. The normalized spacial score (nSPS) is 15.4. The summed E-state index contributed by atoms with van der Waals surface area (Å²) in [5.41, 5.74) is 11.6. The zero-order valence-corrected chi connectivity index (χ0v) is 15.6. The van der Waals surface area contributed by atoms with Gasteiger partial charge in [-0.25, -0.2) is 9.19 Å². The number of hydrogen-bond acceptors (Lipinski definition) is 4. The van der Waals surface area contributed by atoms with Gasteiger partial charge in [-0.05, 0) is 42.6 Å². The van der Waals surface area contributed by atoms with E-state index in [0.717, 1.165) is 16.8 Å². The fraction of sp³-hybridized carbons (Fsp3) is 0.118. The Balaban J connectivity index is 2.00. The fourth-order valence-corrected chi connectivity index (χ4v) is 6.01. The van der Waals surface area contributed by atoms with E-state index in [0.29, 0.717) is 23.0 Å². The summed E-state index contributed by atoms with van der Waals surface area (Å²) < 4.78 is 17.2.